The number of H-pyrrole nitrogens is 1. The van der Waals surface area contributed by atoms with E-state index in [2.05, 4.69) is 77.6 Å². The van der Waals surface area contributed by atoms with E-state index >= 15 is 0 Å². The SMILES string of the molecule is Cc1cccc(-c2cc(NCCc3c[nH]c4c(C)cccc34)nc(N)n2)c1C. The lowest BCUT2D eigenvalue weighted by atomic mass is 10.0. The number of nitrogen functional groups attached to an aromatic ring is 1. The summed E-state index contributed by atoms with van der Waals surface area (Å²) in [5.74, 6) is 1.03. The van der Waals surface area contributed by atoms with E-state index in [4.69, 9.17) is 5.73 Å². The standard InChI is InChI=1S/C23H25N5/c1-14-6-4-8-18(16(14)3)20-12-21(28-23(24)27-20)25-11-10-17-13-26-22-15(2)7-5-9-19(17)22/h4-9,12-13,26H,10-11H2,1-3H3,(H3,24,25,27,28). The molecule has 2 aromatic carbocycles. The van der Waals surface area contributed by atoms with Gasteiger partial charge in [-0.3, -0.25) is 0 Å². The topological polar surface area (TPSA) is 79.6 Å². The van der Waals surface area contributed by atoms with Gasteiger partial charge in [-0.2, -0.15) is 4.98 Å². The number of aromatic amines is 1. The highest BCUT2D eigenvalue weighted by atomic mass is 15.1. The molecule has 0 aliphatic carbocycles. The minimum atomic E-state index is 0.281. The Morgan fingerprint density at radius 2 is 1.79 bits per heavy atom. The van der Waals surface area contributed by atoms with Gasteiger partial charge in [-0.05, 0) is 49.4 Å². The van der Waals surface area contributed by atoms with E-state index in [0.29, 0.717) is 0 Å². The van der Waals surface area contributed by atoms with Crippen LogP contribution in [0.25, 0.3) is 22.2 Å². The van der Waals surface area contributed by atoms with E-state index in [1.54, 1.807) is 0 Å². The molecule has 4 N–H and O–H groups in total. The third kappa shape index (κ3) is 3.43. The zero-order valence-corrected chi connectivity index (χ0v) is 16.5. The number of hydrogen-bond acceptors (Lipinski definition) is 4. The number of nitrogens with two attached hydrogens (primary N) is 1. The fourth-order valence-electron chi connectivity index (χ4n) is 3.62. The molecule has 0 aliphatic rings. The Bertz CT molecular complexity index is 1140. The second-order valence-corrected chi connectivity index (χ2v) is 7.23. The molecule has 5 heteroatoms. The van der Waals surface area contributed by atoms with E-state index < -0.39 is 0 Å². The quantitative estimate of drug-likeness (QED) is 0.471. The zero-order chi connectivity index (χ0) is 19.7. The first-order valence-corrected chi connectivity index (χ1v) is 9.53. The van der Waals surface area contributed by atoms with Gasteiger partial charge in [0.2, 0.25) is 5.95 Å². The van der Waals surface area contributed by atoms with Crippen molar-refractivity contribution >= 4 is 22.7 Å². The van der Waals surface area contributed by atoms with Gasteiger partial charge in [-0.15, -0.1) is 0 Å². The molecule has 2 aromatic heterocycles. The monoisotopic (exact) mass is 371 g/mol. The largest absolute Gasteiger partial charge is 0.370 e. The number of nitrogens with zero attached hydrogens (tertiary/aromatic N) is 2. The lowest BCUT2D eigenvalue weighted by Gasteiger charge is -2.11. The lowest BCUT2D eigenvalue weighted by Crippen LogP contribution is -2.08. The number of nitrogens with one attached hydrogen (secondary N) is 2. The number of fused-ring (bicyclic) bond motifs is 1. The molecule has 4 rings (SSSR count). The predicted octanol–water partition coefficient (Wildman–Crippen LogP) is 4.79. The van der Waals surface area contributed by atoms with Crippen LogP contribution in [0.3, 0.4) is 0 Å². The van der Waals surface area contributed by atoms with Crippen LogP contribution in [0.5, 0.6) is 0 Å². The highest BCUT2D eigenvalue weighted by Crippen LogP contribution is 2.26. The van der Waals surface area contributed by atoms with Gasteiger partial charge >= 0.3 is 0 Å². The van der Waals surface area contributed by atoms with Crippen LogP contribution in [-0.2, 0) is 6.42 Å². The number of para-hydroxylation sites is 1. The van der Waals surface area contributed by atoms with E-state index in [-0.39, 0.29) is 5.95 Å². The molecule has 0 saturated heterocycles. The molecule has 142 valence electrons. The Kier molecular flexibility index (Phi) is 4.74. The molecule has 0 bridgehead atoms. The van der Waals surface area contributed by atoms with Crippen LogP contribution in [0.2, 0.25) is 0 Å². The summed E-state index contributed by atoms with van der Waals surface area (Å²) in [4.78, 5) is 12.2. The van der Waals surface area contributed by atoms with E-state index in [9.17, 15) is 0 Å². The summed E-state index contributed by atoms with van der Waals surface area (Å²) in [6, 6.07) is 14.6. The molecule has 0 spiro atoms. The molecule has 0 fully saturated rings. The zero-order valence-electron chi connectivity index (χ0n) is 16.5. The number of benzene rings is 2. The molecular formula is C23H25N5. The van der Waals surface area contributed by atoms with Crippen molar-refractivity contribution in [3.8, 4) is 11.3 Å². The van der Waals surface area contributed by atoms with Gasteiger partial charge < -0.3 is 16.0 Å². The van der Waals surface area contributed by atoms with Gasteiger partial charge in [-0.25, -0.2) is 4.98 Å². The predicted molar refractivity (Wildman–Crippen MR) is 117 cm³/mol. The van der Waals surface area contributed by atoms with Crippen LogP contribution in [0.1, 0.15) is 22.3 Å². The van der Waals surface area contributed by atoms with Crippen molar-refractivity contribution in [2.24, 2.45) is 0 Å². The summed E-state index contributed by atoms with van der Waals surface area (Å²) >= 11 is 0. The average molecular weight is 371 g/mol. The molecule has 0 unspecified atom stereocenters. The molecule has 0 aliphatic heterocycles. The Labute approximate surface area is 165 Å². The smallest absolute Gasteiger partial charge is 0.222 e. The van der Waals surface area contributed by atoms with Crippen molar-refractivity contribution in [3.63, 3.8) is 0 Å². The van der Waals surface area contributed by atoms with Crippen LogP contribution >= 0.6 is 0 Å². The Morgan fingerprint density at radius 3 is 2.64 bits per heavy atom. The summed E-state index contributed by atoms with van der Waals surface area (Å²) in [5, 5.41) is 4.68. The summed E-state index contributed by atoms with van der Waals surface area (Å²) in [6.45, 7) is 7.10. The van der Waals surface area contributed by atoms with Crippen molar-refractivity contribution in [3.05, 3.63) is 70.9 Å². The maximum atomic E-state index is 5.98. The van der Waals surface area contributed by atoms with Crippen LogP contribution in [0.15, 0.2) is 48.7 Å². The fraction of sp³-hybridized carbons (Fsp3) is 0.217. The fourth-order valence-corrected chi connectivity index (χ4v) is 3.62. The molecule has 0 amide bonds. The van der Waals surface area contributed by atoms with Crippen molar-refractivity contribution < 1.29 is 0 Å². The third-order valence-electron chi connectivity index (χ3n) is 5.33. The van der Waals surface area contributed by atoms with E-state index in [1.165, 1.54) is 33.2 Å². The minimum absolute atomic E-state index is 0.281. The van der Waals surface area contributed by atoms with Gasteiger partial charge in [0.05, 0.1) is 5.69 Å². The number of hydrogen-bond donors (Lipinski definition) is 3. The Hall–Kier alpha value is -3.34. The number of aromatic nitrogens is 3. The van der Waals surface area contributed by atoms with Crippen molar-refractivity contribution in [2.75, 3.05) is 17.6 Å². The van der Waals surface area contributed by atoms with Crippen LogP contribution in [-0.4, -0.2) is 21.5 Å². The first-order chi connectivity index (χ1) is 13.5. The Balaban J connectivity index is 1.53. The molecule has 0 radical (unpaired) electrons. The van der Waals surface area contributed by atoms with Gasteiger partial charge in [0.1, 0.15) is 5.82 Å². The van der Waals surface area contributed by atoms with Crippen molar-refractivity contribution in [1.29, 1.82) is 0 Å². The number of rotatable bonds is 5. The summed E-state index contributed by atoms with van der Waals surface area (Å²) < 4.78 is 0. The van der Waals surface area contributed by atoms with Crippen LogP contribution in [0, 0.1) is 20.8 Å². The second kappa shape index (κ2) is 7.35. The third-order valence-corrected chi connectivity index (χ3v) is 5.33. The summed E-state index contributed by atoms with van der Waals surface area (Å²) in [6.07, 6.45) is 2.99. The lowest BCUT2D eigenvalue weighted by molar-refractivity contribution is 1.01. The van der Waals surface area contributed by atoms with Gasteiger partial charge in [-0.1, -0.05) is 36.4 Å². The second-order valence-electron chi connectivity index (χ2n) is 7.23. The van der Waals surface area contributed by atoms with Crippen LogP contribution < -0.4 is 11.1 Å². The molecule has 28 heavy (non-hydrogen) atoms. The van der Waals surface area contributed by atoms with Crippen LogP contribution in [0.4, 0.5) is 11.8 Å². The molecule has 2 heterocycles. The summed E-state index contributed by atoms with van der Waals surface area (Å²) in [5.41, 5.74) is 14.1. The molecule has 5 nitrogen and oxygen atoms in total. The van der Waals surface area contributed by atoms with E-state index in [0.717, 1.165) is 30.0 Å². The number of aryl methyl sites for hydroxylation is 2. The van der Waals surface area contributed by atoms with Gasteiger partial charge in [0.15, 0.2) is 0 Å². The highest BCUT2D eigenvalue weighted by Gasteiger charge is 2.09. The van der Waals surface area contributed by atoms with Crippen molar-refractivity contribution in [2.45, 2.75) is 27.2 Å². The van der Waals surface area contributed by atoms with Crippen molar-refractivity contribution in [1.82, 2.24) is 15.0 Å². The van der Waals surface area contributed by atoms with E-state index in [1.807, 2.05) is 12.1 Å². The highest BCUT2D eigenvalue weighted by molar-refractivity contribution is 5.85. The molecule has 0 atom stereocenters. The average Bonchev–Trinajstić information content (AvgIpc) is 3.08. The minimum Gasteiger partial charge on any atom is -0.370 e. The molecular weight excluding hydrogens is 346 g/mol. The maximum absolute atomic E-state index is 5.98. The van der Waals surface area contributed by atoms with Gasteiger partial charge in [0, 0.05) is 35.3 Å². The first-order valence-electron chi connectivity index (χ1n) is 9.53. The van der Waals surface area contributed by atoms with Gasteiger partial charge in [0.25, 0.3) is 0 Å². The molecule has 0 saturated carbocycles. The number of anilines is 2. The first kappa shape index (κ1) is 18.0. The maximum Gasteiger partial charge on any atom is 0.222 e. The summed E-state index contributed by atoms with van der Waals surface area (Å²) in [7, 11) is 0. The Morgan fingerprint density at radius 1 is 1.00 bits per heavy atom. The molecule has 4 aromatic rings. The normalized spacial score (nSPS) is 11.1.